The van der Waals surface area contributed by atoms with Crippen LogP contribution in [0.4, 0.5) is 5.69 Å². The summed E-state index contributed by atoms with van der Waals surface area (Å²) in [4.78, 5) is 23.9. The highest BCUT2D eigenvalue weighted by Crippen LogP contribution is 2.20. The van der Waals surface area contributed by atoms with Gasteiger partial charge >= 0.3 is 11.9 Å². The Morgan fingerprint density at radius 1 is 0.905 bits per heavy atom. The molecule has 0 heterocycles. The second kappa shape index (κ2) is 5.76. The number of carbonyl (C=O) groups excluding carboxylic acids is 2. The molecule has 1 rings (SSSR count). The van der Waals surface area contributed by atoms with Gasteiger partial charge in [0.1, 0.15) is 11.2 Å². The zero-order valence-electron chi connectivity index (χ0n) is 13.4. The van der Waals surface area contributed by atoms with E-state index in [1.807, 2.05) is 0 Å². The molecule has 0 bridgehead atoms. The van der Waals surface area contributed by atoms with Crippen LogP contribution in [0.1, 0.15) is 62.3 Å². The molecule has 0 fully saturated rings. The zero-order valence-corrected chi connectivity index (χ0v) is 13.4. The Labute approximate surface area is 125 Å². The molecule has 0 radical (unpaired) electrons. The Bertz CT molecular complexity index is 550. The molecule has 1 aromatic rings. The molecule has 0 aromatic heterocycles. The predicted molar refractivity (Wildman–Crippen MR) is 81.2 cm³/mol. The van der Waals surface area contributed by atoms with E-state index in [4.69, 9.17) is 15.2 Å². The first kappa shape index (κ1) is 17.0. The van der Waals surface area contributed by atoms with Crippen LogP contribution >= 0.6 is 0 Å². The molecule has 0 aliphatic carbocycles. The Morgan fingerprint density at radius 2 is 1.38 bits per heavy atom. The SMILES string of the molecule is CC(C)(C)OC(=O)c1ccc(C(=O)OC(C)(C)C)c(N)c1. The Morgan fingerprint density at radius 3 is 1.81 bits per heavy atom. The van der Waals surface area contributed by atoms with E-state index in [9.17, 15) is 9.59 Å². The molecule has 0 saturated heterocycles. The molecule has 0 spiro atoms. The summed E-state index contributed by atoms with van der Waals surface area (Å²) in [5.41, 5.74) is 5.36. The largest absolute Gasteiger partial charge is 0.456 e. The van der Waals surface area contributed by atoms with Crippen molar-refractivity contribution in [1.29, 1.82) is 0 Å². The van der Waals surface area contributed by atoms with Crippen molar-refractivity contribution in [3.63, 3.8) is 0 Å². The van der Waals surface area contributed by atoms with E-state index >= 15 is 0 Å². The van der Waals surface area contributed by atoms with Gasteiger partial charge in [-0.15, -0.1) is 0 Å². The smallest absolute Gasteiger partial charge is 0.340 e. The van der Waals surface area contributed by atoms with E-state index in [1.54, 1.807) is 41.5 Å². The van der Waals surface area contributed by atoms with Crippen LogP contribution in [-0.4, -0.2) is 23.1 Å². The maximum absolute atomic E-state index is 12.0. The maximum atomic E-state index is 12.0. The van der Waals surface area contributed by atoms with Crippen LogP contribution in [0, 0.1) is 0 Å². The van der Waals surface area contributed by atoms with Gasteiger partial charge in [0.15, 0.2) is 0 Å². The lowest BCUT2D eigenvalue weighted by molar-refractivity contribution is 0.00527. The van der Waals surface area contributed by atoms with Crippen LogP contribution < -0.4 is 5.73 Å². The molecule has 0 aliphatic heterocycles. The van der Waals surface area contributed by atoms with Crippen LogP contribution in [0.25, 0.3) is 0 Å². The molecule has 1 aromatic carbocycles. The van der Waals surface area contributed by atoms with E-state index in [0.29, 0.717) is 5.56 Å². The van der Waals surface area contributed by atoms with Gasteiger partial charge < -0.3 is 15.2 Å². The quantitative estimate of drug-likeness (QED) is 0.669. The van der Waals surface area contributed by atoms with Gasteiger partial charge in [0, 0.05) is 5.69 Å². The molecule has 5 heteroatoms. The lowest BCUT2D eigenvalue weighted by atomic mass is 10.1. The third-order valence-corrected chi connectivity index (χ3v) is 2.30. The molecule has 0 unspecified atom stereocenters. The van der Waals surface area contributed by atoms with E-state index < -0.39 is 23.1 Å². The fourth-order valence-electron chi connectivity index (χ4n) is 1.55. The van der Waals surface area contributed by atoms with Crippen molar-refractivity contribution in [3.8, 4) is 0 Å². The molecular weight excluding hydrogens is 270 g/mol. The van der Waals surface area contributed by atoms with Crippen molar-refractivity contribution < 1.29 is 19.1 Å². The van der Waals surface area contributed by atoms with Crippen molar-refractivity contribution in [2.75, 3.05) is 5.73 Å². The average Bonchev–Trinajstić information content (AvgIpc) is 2.23. The van der Waals surface area contributed by atoms with E-state index in [-0.39, 0.29) is 11.3 Å². The van der Waals surface area contributed by atoms with E-state index in [2.05, 4.69) is 0 Å². The van der Waals surface area contributed by atoms with Crippen molar-refractivity contribution >= 4 is 17.6 Å². The number of benzene rings is 1. The summed E-state index contributed by atoms with van der Waals surface area (Å²) in [6, 6.07) is 4.40. The lowest BCUT2D eigenvalue weighted by Gasteiger charge is -2.21. The number of rotatable bonds is 2. The third kappa shape index (κ3) is 5.45. The highest BCUT2D eigenvalue weighted by atomic mass is 16.6. The Hall–Kier alpha value is -2.04. The fourth-order valence-corrected chi connectivity index (χ4v) is 1.55. The highest BCUT2D eigenvalue weighted by molar-refractivity contribution is 5.98. The molecule has 0 saturated carbocycles. The van der Waals surface area contributed by atoms with Gasteiger partial charge in [-0.05, 0) is 59.7 Å². The van der Waals surface area contributed by atoms with Gasteiger partial charge in [0.25, 0.3) is 0 Å². The summed E-state index contributed by atoms with van der Waals surface area (Å²) >= 11 is 0. The van der Waals surface area contributed by atoms with Gasteiger partial charge in [-0.1, -0.05) is 0 Å². The molecule has 21 heavy (non-hydrogen) atoms. The molecule has 0 atom stereocenters. The van der Waals surface area contributed by atoms with E-state index in [0.717, 1.165) is 0 Å². The standard InChI is InChI=1S/C16H23NO4/c1-15(2,3)20-13(18)10-7-8-11(12(17)9-10)14(19)21-16(4,5)6/h7-9H,17H2,1-6H3. The topological polar surface area (TPSA) is 78.6 Å². The summed E-state index contributed by atoms with van der Waals surface area (Å²) in [6.07, 6.45) is 0. The van der Waals surface area contributed by atoms with Crippen molar-refractivity contribution in [1.82, 2.24) is 0 Å². The Balaban J connectivity index is 2.96. The van der Waals surface area contributed by atoms with Crippen LogP contribution in [0.2, 0.25) is 0 Å². The van der Waals surface area contributed by atoms with Crippen LogP contribution in [0.3, 0.4) is 0 Å². The van der Waals surface area contributed by atoms with Crippen LogP contribution in [0.5, 0.6) is 0 Å². The summed E-state index contributed by atoms with van der Waals surface area (Å²) in [6.45, 7) is 10.7. The number of esters is 2. The van der Waals surface area contributed by atoms with E-state index in [1.165, 1.54) is 18.2 Å². The lowest BCUT2D eigenvalue weighted by Crippen LogP contribution is -2.25. The van der Waals surface area contributed by atoms with Gasteiger partial charge in [-0.2, -0.15) is 0 Å². The minimum atomic E-state index is -0.604. The number of hydrogen-bond acceptors (Lipinski definition) is 5. The fraction of sp³-hybridized carbons (Fsp3) is 0.500. The summed E-state index contributed by atoms with van der Waals surface area (Å²) in [7, 11) is 0. The number of anilines is 1. The van der Waals surface area contributed by atoms with Crippen molar-refractivity contribution in [3.05, 3.63) is 29.3 Å². The Kier molecular flexibility index (Phi) is 4.66. The first-order valence-electron chi connectivity index (χ1n) is 6.75. The molecule has 116 valence electrons. The van der Waals surface area contributed by atoms with Gasteiger partial charge in [-0.25, -0.2) is 9.59 Å². The van der Waals surface area contributed by atoms with Crippen molar-refractivity contribution in [2.24, 2.45) is 0 Å². The number of carbonyl (C=O) groups is 2. The summed E-state index contributed by atoms with van der Waals surface area (Å²) in [5.74, 6) is -0.999. The highest BCUT2D eigenvalue weighted by Gasteiger charge is 2.22. The van der Waals surface area contributed by atoms with Gasteiger partial charge in [-0.3, -0.25) is 0 Å². The minimum Gasteiger partial charge on any atom is -0.456 e. The average molecular weight is 293 g/mol. The number of ether oxygens (including phenoxy) is 2. The first-order valence-corrected chi connectivity index (χ1v) is 6.75. The minimum absolute atomic E-state index is 0.188. The monoisotopic (exact) mass is 293 g/mol. The first-order chi connectivity index (χ1) is 9.39. The number of nitrogens with two attached hydrogens (primary N) is 1. The summed E-state index contributed by atoms with van der Waals surface area (Å²) < 4.78 is 10.5. The second-order valence-corrected chi connectivity index (χ2v) is 6.81. The predicted octanol–water partition coefficient (Wildman–Crippen LogP) is 3.18. The maximum Gasteiger partial charge on any atom is 0.340 e. The van der Waals surface area contributed by atoms with Gasteiger partial charge in [0.2, 0.25) is 0 Å². The molecule has 0 amide bonds. The van der Waals surface area contributed by atoms with Crippen molar-refractivity contribution in [2.45, 2.75) is 52.7 Å². The zero-order chi connectivity index (χ0) is 16.4. The number of nitrogen functional groups attached to an aromatic ring is 1. The summed E-state index contributed by atoms with van der Waals surface area (Å²) in [5, 5.41) is 0. The normalized spacial score (nSPS) is 11.9. The van der Waals surface area contributed by atoms with Crippen LogP contribution in [0.15, 0.2) is 18.2 Å². The van der Waals surface area contributed by atoms with Gasteiger partial charge in [0.05, 0.1) is 11.1 Å². The molecular formula is C16H23NO4. The molecule has 0 aliphatic rings. The third-order valence-electron chi connectivity index (χ3n) is 2.30. The van der Waals surface area contributed by atoms with Crippen LogP contribution in [-0.2, 0) is 9.47 Å². The molecule has 5 nitrogen and oxygen atoms in total. The second-order valence-electron chi connectivity index (χ2n) is 6.81. The number of hydrogen-bond donors (Lipinski definition) is 1. The molecule has 2 N–H and O–H groups in total.